The second kappa shape index (κ2) is 17.7. The molecule has 0 N–H and O–H groups in total. The van der Waals surface area contributed by atoms with Gasteiger partial charge in [-0.25, -0.2) is 0 Å². The van der Waals surface area contributed by atoms with Crippen molar-refractivity contribution in [3.8, 4) is 28.5 Å². The van der Waals surface area contributed by atoms with Gasteiger partial charge in [-0.1, -0.05) is 117 Å². The fraction of sp³-hybridized carbons (Fsp3) is 0. The van der Waals surface area contributed by atoms with Gasteiger partial charge in [0, 0.05) is 23.0 Å². The van der Waals surface area contributed by atoms with Crippen LogP contribution in [0.2, 0.25) is 0 Å². The topological polar surface area (TPSA) is 116 Å². The Morgan fingerprint density at radius 3 is 1.28 bits per heavy atom. The molecule has 10 aromatic rings. The summed E-state index contributed by atoms with van der Waals surface area (Å²) in [4.78, 5) is 9.05. The minimum atomic E-state index is -3.62. The molecule has 61 heavy (non-hydrogen) atoms. The molecule has 9 nitrogen and oxygen atoms in total. The first-order valence-corrected chi connectivity index (χ1v) is 22.1. The van der Waals surface area contributed by atoms with Crippen LogP contribution in [-0.2, 0) is 51.3 Å². The molecular formula is C48H29N7O2P2Pt2. The third-order valence-corrected chi connectivity index (χ3v) is 16.0. The first kappa shape index (κ1) is 41.9. The largest absolute Gasteiger partial charge is 2.00 e. The number of fused-ring (bicyclic) bond motifs is 3. The van der Waals surface area contributed by atoms with Gasteiger partial charge in [0.25, 0.3) is 5.95 Å². The predicted molar refractivity (Wildman–Crippen MR) is 233 cm³/mol. The molecule has 0 aliphatic rings. The zero-order chi connectivity index (χ0) is 39.8. The van der Waals surface area contributed by atoms with Crippen molar-refractivity contribution in [2.45, 2.75) is 0 Å². The summed E-state index contributed by atoms with van der Waals surface area (Å²) >= 11 is 0. The smallest absolute Gasteiger partial charge is 0.326 e. The van der Waals surface area contributed by atoms with Crippen LogP contribution in [0.4, 0.5) is 0 Å². The zero-order valence-corrected chi connectivity index (χ0v) is 38.1. The van der Waals surface area contributed by atoms with Crippen molar-refractivity contribution < 1.29 is 51.3 Å². The van der Waals surface area contributed by atoms with Gasteiger partial charge in [0.05, 0.1) is 0 Å². The number of benzene rings is 6. The number of rotatable bonds is 9. The van der Waals surface area contributed by atoms with Crippen LogP contribution in [0.25, 0.3) is 50.3 Å². The standard InChI is InChI=1S/C48H29N7O2P2.2Pt/c56-58(36-15-3-1-4-16-36,38-19-11-13-34(29-38)44-21-7-9-27-49-44)40-23-25-42-43-26-24-41(32-47(43)55(46(42)31-40)48-53-51-33-52-54-48)59(57,37-17-5-2-6-18-37)39-20-12-14-35(30-39)45-22-8-10-28-50-45;;/h1-28,33H;;/q-4;2*+2. The summed E-state index contributed by atoms with van der Waals surface area (Å²) in [6.45, 7) is 0. The average Bonchev–Trinajstić information content (AvgIpc) is 3.65. The van der Waals surface area contributed by atoms with Gasteiger partial charge in [-0.05, 0) is 23.5 Å². The molecule has 4 heterocycles. The first-order valence-electron chi connectivity index (χ1n) is 18.7. The van der Waals surface area contributed by atoms with Gasteiger partial charge in [-0.2, -0.15) is 35.0 Å². The monoisotopic (exact) mass is 1190 g/mol. The van der Waals surface area contributed by atoms with Crippen molar-refractivity contribution in [3.05, 3.63) is 201 Å². The average molecular weight is 1190 g/mol. The van der Waals surface area contributed by atoms with E-state index in [4.69, 9.17) is 0 Å². The molecule has 4 aromatic heterocycles. The molecule has 298 valence electrons. The van der Waals surface area contributed by atoms with Crippen LogP contribution in [-0.4, -0.2) is 34.9 Å². The summed E-state index contributed by atoms with van der Waals surface area (Å²) in [5.74, 6) is 0.144. The van der Waals surface area contributed by atoms with Gasteiger partial charge in [0.2, 0.25) is 0 Å². The van der Waals surface area contributed by atoms with Gasteiger partial charge < -0.3 is 23.7 Å². The van der Waals surface area contributed by atoms with Crippen LogP contribution in [0.15, 0.2) is 176 Å². The molecule has 0 aliphatic heterocycles. The van der Waals surface area contributed by atoms with Crippen LogP contribution in [0.5, 0.6) is 0 Å². The van der Waals surface area contributed by atoms with E-state index in [9.17, 15) is 0 Å². The molecular weight excluding hydrogens is 1160 g/mol. The quantitative estimate of drug-likeness (QED) is 0.113. The number of nitrogens with zero attached hydrogens (tertiary/aromatic N) is 7. The Bertz CT molecular complexity index is 3040. The molecule has 0 saturated carbocycles. The van der Waals surface area contributed by atoms with E-state index in [2.05, 4.69) is 54.6 Å². The molecule has 0 fully saturated rings. The summed E-state index contributed by atoms with van der Waals surface area (Å²) in [5, 5.41) is 21.5. The maximum Gasteiger partial charge on any atom is 2.00 e. The Balaban J connectivity index is 0.00000257. The van der Waals surface area contributed by atoms with E-state index < -0.39 is 14.3 Å². The fourth-order valence-electron chi connectivity index (χ4n) is 7.41. The van der Waals surface area contributed by atoms with E-state index in [-0.39, 0.29) is 48.1 Å². The van der Waals surface area contributed by atoms with E-state index in [1.165, 1.54) is 6.33 Å². The number of aromatic nitrogens is 7. The zero-order valence-electron chi connectivity index (χ0n) is 31.7. The van der Waals surface area contributed by atoms with Crippen LogP contribution in [0.3, 0.4) is 0 Å². The molecule has 6 aromatic carbocycles. The minimum Gasteiger partial charge on any atom is -0.326 e. The van der Waals surface area contributed by atoms with Crippen LogP contribution in [0.1, 0.15) is 0 Å². The normalized spacial score (nSPS) is 13.0. The van der Waals surface area contributed by atoms with Gasteiger partial charge in [0.1, 0.15) is 14.3 Å². The molecule has 10 rings (SSSR count). The Morgan fingerprint density at radius 2 is 0.852 bits per heavy atom. The summed E-state index contributed by atoms with van der Waals surface area (Å²) in [6, 6.07) is 62.9. The molecule has 2 unspecified atom stereocenters. The van der Waals surface area contributed by atoms with E-state index in [1.807, 2.05) is 158 Å². The van der Waals surface area contributed by atoms with Crippen LogP contribution in [0, 0.1) is 24.3 Å². The van der Waals surface area contributed by atoms with Crippen LogP contribution < -0.4 is 31.8 Å². The van der Waals surface area contributed by atoms with Gasteiger partial charge in [0.15, 0.2) is 6.33 Å². The number of hydrogen-bond acceptors (Lipinski definition) is 8. The summed E-state index contributed by atoms with van der Waals surface area (Å²) < 4.78 is 33.6. The van der Waals surface area contributed by atoms with Crippen LogP contribution >= 0.6 is 14.3 Å². The molecule has 0 radical (unpaired) electrons. The Labute approximate surface area is 380 Å². The van der Waals surface area contributed by atoms with Gasteiger partial charge in [-0.15, -0.1) is 92.2 Å². The second-order valence-electron chi connectivity index (χ2n) is 13.6. The SMILES string of the molecule is O=P(c1[c-]c(-c2ccccn2)ccc1)(c1[c-]c2c(cc1)c1ccc(P(=O)(c3[c-]c(-c4ccccn4)ccc3)c3ccccc3)[c-]c1n2-c1nncnn1)c1ccccc1.[Pt+2].[Pt+2]. The molecule has 0 bridgehead atoms. The molecule has 13 heteroatoms. The third kappa shape index (κ3) is 7.51. The first-order chi connectivity index (χ1) is 29.0. The van der Waals surface area contributed by atoms with Crippen molar-refractivity contribution in [1.29, 1.82) is 0 Å². The molecule has 0 saturated heterocycles. The summed E-state index contributed by atoms with van der Waals surface area (Å²) in [5.41, 5.74) is 3.92. The molecule has 0 aliphatic carbocycles. The predicted octanol–water partition coefficient (Wildman–Crippen LogP) is 6.96. The molecule has 2 atom stereocenters. The van der Waals surface area contributed by atoms with E-state index in [0.29, 0.717) is 42.9 Å². The molecule has 0 amide bonds. The van der Waals surface area contributed by atoms with E-state index >= 15 is 9.13 Å². The number of pyridine rings is 2. The summed E-state index contributed by atoms with van der Waals surface area (Å²) in [7, 11) is -7.23. The van der Waals surface area contributed by atoms with Crippen molar-refractivity contribution >= 4 is 67.9 Å². The Hall–Kier alpha value is -5.80. The second-order valence-corrected chi connectivity index (χ2v) is 19.0. The van der Waals surface area contributed by atoms with Gasteiger partial charge in [-0.3, -0.25) is 0 Å². The third-order valence-electron chi connectivity index (χ3n) is 10.2. The Kier molecular flexibility index (Phi) is 12.1. The van der Waals surface area contributed by atoms with E-state index in [1.54, 1.807) is 17.0 Å². The summed E-state index contributed by atoms with van der Waals surface area (Å²) in [6.07, 6.45) is 4.70. The van der Waals surface area contributed by atoms with Crippen molar-refractivity contribution in [1.82, 2.24) is 34.9 Å². The van der Waals surface area contributed by atoms with Crippen molar-refractivity contribution in [3.63, 3.8) is 0 Å². The van der Waals surface area contributed by atoms with Crippen molar-refractivity contribution in [2.24, 2.45) is 0 Å². The fourth-order valence-corrected chi connectivity index (χ4v) is 12.5. The maximum absolute atomic E-state index is 15.9. The minimum absolute atomic E-state index is 0. The Morgan fingerprint density at radius 1 is 0.426 bits per heavy atom. The maximum atomic E-state index is 15.9. The van der Waals surface area contributed by atoms with E-state index in [0.717, 1.165) is 33.3 Å². The van der Waals surface area contributed by atoms with Gasteiger partial charge >= 0.3 is 42.1 Å². The van der Waals surface area contributed by atoms with Crippen molar-refractivity contribution in [2.75, 3.05) is 0 Å². The molecule has 0 spiro atoms. The number of hydrogen-bond donors (Lipinski definition) is 0.